The van der Waals surface area contributed by atoms with Crippen LogP contribution >= 0.6 is 11.3 Å². The number of hydrogen-bond acceptors (Lipinski definition) is 7. The fourth-order valence-electron chi connectivity index (χ4n) is 3.07. The van der Waals surface area contributed by atoms with Crippen LogP contribution in [0.4, 0.5) is 10.8 Å². The van der Waals surface area contributed by atoms with Gasteiger partial charge in [0.15, 0.2) is 5.13 Å². The zero-order valence-corrected chi connectivity index (χ0v) is 20.0. The molecule has 2 heterocycles. The molecule has 0 radical (unpaired) electrons. The Hall–Kier alpha value is -3.02. The molecule has 0 aliphatic rings. The molecule has 0 atom stereocenters. The number of nitrogens with one attached hydrogen (secondary N) is 1. The van der Waals surface area contributed by atoms with E-state index in [9.17, 15) is 18.0 Å². The fourth-order valence-corrected chi connectivity index (χ4v) is 4.73. The van der Waals surface area contributed by atoms with Crippen molar-refractivity contribution in [1.29, 1.82) is 0 Å². The maximum atomic E-state index is 12.5. The van der Waals surface area contributed by atoms with Crippen LogP contribution in [-0.4, -0.2) is 36.9 Å². The lowest BCUT2D eigenvalue weighted by molar-refractivity contribution is -0.115. The van der Waals surface area contributed by atoms with Crippen LogP contribution in [0.2, 0.25) is 0 Å². The van der Waals surface area contributed by atoms with E-state index in [1.807, 2.05) is 32.0 Å². The van der Waals surface area contributed by atoms with Gasteiger partial charge in [0.1, 0.15) is 17.2 Å². The Balaban J connectivity index is 1.77. The first kappa shape index (κ1) is 23.6. The van der Waals surface area contributed by atoms with Gasteiger partial charge in [0.2, 0.25) is 15.9 Å². The van der Waals surface area contributed by atoms with Crippen LogP contribution in [0.3, 0.4) is 0 Å². The number of carbonyl (C=O) groups is 2. The maximum Gasteiger partial charge on any atom is 0.355 e. The third-order valence-electron chi connectivity index (χ3n) is 4.98. The number of hydrogen-bond donors (Lipinski definition) is 1. The van der Waals surface area contributed by atoms with Gasteiger partial charge in [-0.2, -0.15) is 0 Å². The van der Waals surface area contributed by atoms with Crippen molar-refractivity contribution in [2.24, 2.45) is 7.05 Å². The van der Waals surface area contributed by atoms with Crippen molar-refractivity contribution < 1.29 is 22.7 Å². The van der Waals surface area contributed by atoms with Gasteiger partial charge in [-0.05, 0) is 44.2 Å². The number of aromatic nitrogens is 2. The molecule has 0 saturated heterocycles. The molecule has 11 heteroatoms. The van der Waals surface area contributed by atoms with Crippen LogP contribution in [0.1, 0.15) is 34.2 Å². The molecule has 0 aliphatic carbocycles. The van der Waals surface area contributed by atoms with Gasteiger partial charge < -0.3 is 9.30 Å². The maximum absolute atomic E-state index is 12.5. The largest absolute Gasteiger partial charge is 0.454 e. The average molecular weight is 477 g/mol. The lowest BCUT2D eigenvalue weighted by Gasteiger charge is -2.21. The minimum atomic E-state index is -3.67. The lowest BCUT2D eigenvalue weighted by atomic mass is 10.1. The van der Waals surface area contributed by atoms with Crippen LogP contribution in [0.25, 0.3) is 0 Å². The van der Waals surface area contributed by atoms with Gasteiger partial charge in [-0.3, -0.25) is 9.69 Å². The van der Waals surface area contributed by atoms with Crippen LogP contribution in [0.5, 0.6) is 0 Å². The van der Waals surface area contributed by atoms with Gasteiger partial charge in [0, 0.05) is 25.5 Å². The molecule has 0 aliphatic heterocycles. The summed E-state index contributed by atoms with van der Waals surface area (Å²) in [5.41, 5.74) is 3.35. The minimum Gasteiger partial charge on any atom is -0.454 e. The van der Waals surface area contributed by atoms with Crippen molar-refractivity contribution in [1.82, 2.24) is 14.3 Å². The van der Waals surface area contributed by atoms with E-state index in [1.165, 1.54) is 47.0 Å². The summed E-state index contributed by atoms with van der Waals surface area (Å²) in [6, 6.07) is 6.96. The van der Waals surface area contributed by atoms with E-state index in [0.717, 1.165) is 16.8 Å². The van der Waals surface area contributed by atoms with Crippen molar-refractivity contribution in [2.75, 3.05) is 11.9 Å². The van der Waals surface area contributed by atoms with E-state index < -0.39 is 16.0 Å². The van der Waals surface area contributed by atoms with E-state index >= 15 is 0 Å². The molecule has 1 aromatic carbocycles. The van der Waals surface area contributed by atoms with Crippen molar-refractivity contribution in [2.45, 2.75) is 32.3 Å². The molecule has 2 aromatic heterocycles. The summed E-state index contributed by atoms with van der Waals surface area (Å²) in [5, 5.41) is 2.18. The van der Waals surface area contributed by atoms with Crippen LogP contribution in [0.15, 0.2) is 40.7 Å². The second-order valence-corrected chi connectivity index (χ2v) is 9.87. The van der Waals surface area contributed by atoms with E-state index in [-0.39, 0.29) is 23.1 Å². The molecule has 0 saturated carbocycles. The van der Waals surface area contributed by atoms with Crippen LogP contribution < -0.4 is 9.62 Å². The first-order chi connectivity index (χ1) is 15.0. The van der Waals surface area contributed by atoms with Gasteiger partial charge in [-0.25, -0.2) is 22.9 Å². The summed E-state index contributed by atoms with van der Waals surface area (Å²) < 4.78 is 32.8. The highest BCUT2D eigenvalue weighted by Gasteiger charge is 2.22. The Bertz CT molecular complexity index is 1280. The molecule has 3 rings (SSSR count). The minimum absolute atomic E-state index is 0.0315. The summed E-state index contributed by atoms with van der Waals surface area (Å²) in [7, 11) is -0.824. The predicted molar refractivity (Wildman–Crippen MR) is 122 cm³/mol. The van der Waals surface area contributed by atoms with Crippen molar-refractivity contribution >= 4 is 44.1 Å². The number of thiazole rings is 1. The predicted octanol–water partition coefficient (Wildman–Crippen LogP) is 3.05. The Morgan fingerprint density at radius 1 is 1.28 bits per heavy atom. The first-order valence-electron chi connectivity index (χ1n) is 9.63. The number of sulfonamides is 1. The molecule has 0 unspecified atom stereocenters. The third-order valence-corrected chi connectivity index (χ3v) is 7.24. The monoisotopic (exact) mass is 476 g/mol. The van der Waals surface area contributed by atoms with Gasteiger partial charge in [0.05, 0.1) is 11.4 Å². The molecule has 0 bridgehead atoms. The number of nitrogens with zero attached hydrogens (tertiary/aromatic N) is 3. The summed E-state index contributed by atoms with van der Waals surface area (Å²) in [6.07, 6.45) is 1.33. The van der Waals surface area contributed by atoms with Gasteiger partial charge in [-0.1, -0.05) is 12.1 Å². The van der Waals surface area contributed by atoms with Crippen molar-refractivity contribution in [3.8, 4) is 0 Å². The van der Waals surface area contributed by atoms with Crippen molar-refractivity contribution in [3.63, 3.8) is 0 Å². The zero-order chi connectivity index (χ0) is 23.6. The normalized spacial score (nSPS) is 11.4. The highest BCUT2D eigenvalue weighted by Crippen LogP contribution is 2.32. The molecule has 0 spiro atoms. The van der Waals surface area contributed by atoms with Crippen LogP contribution in [0, 0.1) is 13.8 Å². The Morgan fingerprint density at radius 3 is 2.66 bits per heavy atom. The molecule has 170 valence electrons. The Labute approximate surface area is 190 Å². The fraction of sp³-hybridized carbons (Fsp3) is 0.286. The smallest absolute Gasteiger partial charge is 0.355 e. The molecule has 1 amide bonds. The lowest BCUT2D eigenvalue weighted by Crippen LogP contribution is -2.23. The molecule has 32 heavy (non-hydrogen) atoms. The molecular formula is C21H24N4O5S2. The van der Waals surface area contributed by atoms with E-state index in [0.29, 0.717) is 10.8 Å². The molecular weight excluding hydrogens is 452 g/mol. The third kappa shape index (κ3) is 4.74. The molecule has 9 nitrogen and oxygen atoms in total. The second-order valence-electron chi connectivity index (χ2n) is 7.15. The van der Waals surface area contributed by atoms with E-state index in [4.69, 9.17) is 4.74 Å². The topological polar surface area (TPSA) is 111 Å². The highest BCUT2D eigenvalue weighted by atomic mass is 32.2. The van der Waals surface area contributed by atoms with Gasteiger partial charge >= 0.3 is 5.97 Å². The highest BCUT2D eigenvalue weighted by molar-refractivity contribution is 7.89. The summed E-state index contributed by atoms with van der Waals surface area (Å²) in [5.74, 6) is -0.865. The SMILES string of the molecule is CNS(=O)(=O)c1cc(C(=O)OCc2csc(N(C(C)=O)c3cccc(C)c3C)n2)n(C)c1. The number of esters is 1. The van der Waals surface area contributed by atoms with Gasteiger partial charge in [-0.15, -0.1) is 11.3 Å². The molecule has 3 aromatic rings. The van der Waals surface area contributed by atoms with E-state index in [2.05, 4.69) is 9.71 Å². The van der Waals surface area contributed by atoms with Gasteiger partial charge in [0.25, 0.3) is 0 Å². The second kappa shape index (κ2) is 9.23. The number of carbonyl (C=O) groups excluding carboxylic acids is 2. The Morgan fingerprint density at radius 2 is 2.00 bits per heavy atom. The number of anilines is 2. The standard InChI is InChI=1S/C21H24N4O5S2/c1-13-7-6-8-18(14(13)2)25(15(3)26)21-23-16(12-31-21)11-30-20(27)19-9-17(10-24(19)5)32(28,29)22-4/h6-10,12,22H,11H2,1-5H3. The summed E-state index contributed by atoms with van der Waals surface area (Å²) in [4.78, 5) is 30.8. The Kier molecular flexibility index (Phi) is 6.82. The number of ether oxygens (including phenoxy) is 1. The van der Waals surface area contributed by atoms with Crippen LogP contribution in [-0.2, 0) is 33.2 Å². The zero-order valence-electron chi connectivity index (χ0n) is 18.4. The number of rotatable bonds is 7. The quantitative estimate of drug-likeness (QED) is 0.525. The number of aryl methyl sites for hydroxylation is 2. The van der Waals surface area contributed by atoms with E-state index in [1.54, 1.807) is 12.4 Å². The molecule has 0 fully saturated rings. The van der Waals surface area contributed by atoms with Crippen molar-refractivity contribution in [3.05, 3.63) is 58.4 Å². The average Bonchev–Trinajstić information content (AvgIpc) is 3.36. The number of amides is 1. The summed E-state index contributed by atoms with van der Waals surface area (Å²) in [6.45, 7) is 5.27. The summed E-state index contributed by atoms with van der Waals surface area (Å²) >= 11 is 1.27. The first-order valence-corrected chi connectivity index (χ1v) is 12.0. The molecule has 1 N–H and O–H groups in total. The number of benzene rings is 1.